The molecule has 0 saturated heterocycles. The summed E-state index contributed by atoms with van der Waals surface area (Å²) >= 11 is 3.34. The molecule has 0 bridgehead atoms. The predicted molar refractivity (Wildman–Crippen MR) is 80.0 cm³/mol. The molecule has 2 aromatic rings. The first-order valence-electron chi connectivity index (χ1n) is 6.56. The molecule has 0 amide bonds. The van der Waals surface area contributed by atoms with Gasteiger partial charge in [-0.1, -0.05) is 22.0 Å². The topological polar surface area (TPSA) is 38.7 Å². The van der Waals surface area contributed by atoms with Gasteiger partial charge in [-0.3, -0.25) is 0 Å². The van der Waals surface area contributed by atoms with Crippen LogP contribution in [0.1, 0.15) is 29.8 Å². The smallest absolute Gasteiger partial charge is 0.128 e. The molecule has 0 aromatic heterocycles. The van der Waals surface area contributed by atoms with Gasteiger partial charge in [-0.25, -0.2) is 4.39 Å². The van der Waals surface area contributed by atoms with Crippen molar-refractivity contribution < 1.29 is 19.0 Å². The van der Waals surface area contributed by atoms with Gasteiger partial charge in [0.05, 0.1) is 13.2 Å². The van der Waals surface area contributed by atoms with Crippen molar-refractivity contribution >= 4 is 15.9 Å². The Morgan fingerprint density at radius 3 is 2.76 bits per heavy atom. The quantitative estimate of drug-likeness (QED) is 0.882. The van der Waals surface area contributed by atoms with Gasteiger partial charge >= 0.3 is 0 Å². The molecule has 2 atom stereocenters. The summed E-state index contributed by atoms with van der Waals surface area (Å²) in [6, 6.07) is 9.80. The first-order chi connectivity index (χ1) is 10.1. The number of aliphatic hydroxyl groups excluding tert-OH is 1. The van der Waals surface area contributed by atoms with E-state index in [0.29, 0.717) is 28.0 Å². The highest BCUT2D eigenvalue weighted by atomic mass is 79.9. The zero-order valence-electron chi connectivity index (χ0n) is 11.3. The molecule has 1 aliphatic rings. The summed E-state index contributed by atoms with van der Waals surface area (Å²) < 4.78 is 24.9. The summed E-state index contributed by atoms with van der Waals surface area (Å²) in [6.07, 6.45) is -0.564. The molecule has 0 aliphatic carbocycles. The lowest BCUT2D eigenvalue weighted by molar-refractivity contribution is 0.0651. The molecule has 3 nitrogen and oxygen atoms in total. The monoisotopic (exact) mass is 352 g/mol. The number of rotatable bonds is 2. The largest absolute Gasteiger partial charge is 0.497 e. The van der Waals surface area contributed by atoms with Crippen molar-refractivity contribution in [1.29, 1.82) is 0 Å². The second-order valence-corrected chi connectivity index (χ2v) is 5.78. The lowest BCUT2D eigenvalue weighted by atomic mass is 9.95. The summed E-state index contributed by atoms with van der Waals surface area (Å²) in [5, 5.41) is 10.3. The zero-order valence-corrected chi connectivity index (χ0v) is 12.9. The summed E-state index contributed by atoms with van der Waals surface area (Å²) in [7, 11) is 1.58. The molecule has 5 heteroatoms. The number of hydrogen-bond acceptors (Lipinski definition) is 3. The molecule has 0 radical (unpaired) electrons. The lowest BCUT2D eigenvalue weighted by Crippen LogP contribution is -2.19. The SMILES string of the molecule is COc1ccc2c(c1)[C@H](O)CC(c1ccc(F)cc1Br)O2. The van der Waals surface area contributed by atoms with E-state index in [2.05, 4.69) is 15.9 Å². The van der Waals surface area contributed by atoms with Gasteiger partial charge in [0, 0.05) is 22.0 Å². The van der Waals surface area contributed by atoms with Crippen LogP contribution < -0.4 is 9.47 Å². The van der Waals surface area contributed by atoms with E-state index in [0.717, 1.165) is 5.56 Å². The Balaban J connectivity index is 1.94. The van der Waals surface area contributed by atoms with Crippen molar-refractivity contribution in [1.82, 2.24) is 0 Å². The maximum absolute atomic E-state index is 13.2. The molecule has 0 fully saturated rings. The van der Waals surface area contributed by atoms with E-state index in [1.165, 1.54) is 12.1 Å². The molecule has 0 saturated carbocycles. The molecule has 2 aromatic carbocycles. The van der Waals surface area contributed by atoms with Gasteiger partial charge < -0.3 is 14.6 Å². The molecule has 1 N–H and O–H groups in total. The van der Waals surface area contributed by atoms with Crippen LogP contribution in [0.25, 0.3) is 0 Å². The molecule has 0 spiro atoms. The Kier molecular flexibility index (Phi) is 3.87. The van der Waals surface area contributed by atoms with Crippen LogP contribution >= 0.6 is 15.9 Å². The number of ether oxygens (including phenoxy) is 2. The highest BCUT2D eigenvalue weighted by Crippen LogP contribution is 2.43. The molecular formula is C16H14BrFO3. The van der Waals surface area contributed by atoms with Crippen molar-refractivity contribution in [2.45, 2.75) is 18.6 Å². The van der Waals surface area contributed by atoms with Crippen molar-refractivity contribution in [2.24, 2.45) is 0 Å². The summed E-state index contributed by atoms with van der Waals surface area (Å²) in [4.78, 5) is 0. The molecular weight excluding hydrogens is 339 g/mol. The van der Waals surface area contributed by atoms with Gasteiger partial charge in [0.1, 0.15) is 23.4 Å². The third-order valence-corrected chi connectivity index (χ3v) is 4.28. The number of aliphatic hydroxyl groups is 1. The Bertz CT molecular complexity index is 675. The van der Waals surface area contributed by atoms with Crippen LogP contribution in [0.5, 0.6) is 11.5 Å². The Morgan fingerprint density at radius 2 is 2.05 bits per heavy atom. The minimum atomic E-state index is -0.647. The van der Waals surface area contributed by atoms with Crippen LogP contribution in [-0.4, -0.2) is 12.2 Å². The Hall–Kier alpha value is -1.59. The van der Waals surface area contributed by atoms with E-state index in [1.54, 1.807) is 31.4 Å². The van der Waals surface area contributed by atoms with Gasteiger partial charge in [-0.2, -0.15) is 0 Å². The van der Waals surface area contributed by atoms with E-state index in [4.69, 9.17) is 9.47 Å². The number of benzene rings is 2. The van der Waals surface area contributed by atoms with Crippen molar-refractivity contribution in [3.05, 3.63) is 57.8 Å². The predicted octanol–water partition coefficient (Wildman–Crippen LogP) is 4.15. The maximum atomic E-state index is 13.2. The molecule has 21 heavy (non-hydrogen) atoms. The standard InChI is InChI=1S/C16H14BrFO3/c1-20-10-3-5-15-12(7-10)14(19)8-16(21-15)11-4-2-9(18)6-13(11)17/h2-7,14,16,19H,8H2,1H3/t14-,16?/m1/s1. The first kappa shape index (κ1) is 14.4. The molecule has 3 rings (SSSR count). The summed E-state index contributed by atoms with van der Waals surface area (Å²) in [5.74, 6) is 0.987. The number of methoxy groups -OCH3 is 1. The van der Waals surface area contributed by atoms with Gasteiger partial charge in [0.15, 0.2) is 0 Å². The fourth-order valence-electron chi connectivity index (χ4n) is 2.51. The first-order valence-corrected chi connectivity index (χ1v) is 7.35. The minimum Gasteiger partial charge on any atom is -0.497 e. The van der Waals surface area contributed by atoms with E-state index < -0.39 is 6.10 Å². The third kappa shape index (κ3) is 2.76. The van der Waals surface area contributed by atoms with Gasteiger partial charge in [-0.05, 0) is 30.3 Å². The minimum absolute atomic E-state index is 0.313. The Labute approximate surface area is 130 Å². The van der Waals surface area contributed by atoms with E-state index in [9.17, 15) is 9.50 Å². The fourth-order valence-corrected chi connectivity index (χ4v) is 3.11. The van der Waals surface area contributed by atoms with Crippen LogP contribution in [0.4, 0.5) is 4.39 Å². The normalized spacial score (nSPS) is 20.6. The Morgan fingerprint density at radius 1 is 1.24 bits per heavy atom. The number of halogens is 2. The summed E-state index contributed by atoms with van der Waals surface area (Å²) in [5.41, 5.74) is 1.53. The molecule has 1 unspecified atom stereocenters. The second kappa shape index (κ2) is 5.66. The van der Waals surface area contributed by atoms with Crippen LogP contribution in [0, 0.1) is 5.82 Å². The second-order valence-electron chi connectivity index (χ2n) is 4.93. The average molecular weight is 353 g/mol. The third-order valence-electron chi connectivity index (χ3n) is 3.59. The van der Waals surface area contributed by atoms with E-state index in [-0.39, 0.29) is 11.9 Å². The van der Waals surface area contributed by atoms with Gasteiger partial charge in [0.25, 0.3) is 0 Å². The molecule has 1 aliphatic heterocycles. The number of fused-ring (bicyclic) bond motifs is 1. The highest BCUT2D eigenvalue weighted by Gasteiger charge is 2.29. The van der Waals surface area contributed by atoms with Gasteiger partial charge in [-0.15, -0.1) is 0 Å². The van der Waals surface area contributed by atoms with Crippen molar-refractivity contribution in [2.75, 3.05) is 7.11 Å². The highest BCUT2D eigenvalue weighted by molar-refractivity contribution is 9.10. The van der Waals surface area contributed by atoms with E-state index >= 15 is 0 Å². The molecule has 1 heterocycles. The van der Waals surface area contributed by atoms with Crippen molar-refractivity contribution in [3.8, 4) is 11.5 Å². The van der Waals surface area contributed by atoms with Crippen LogP contribution in [0.2, 0.25) is 0 Å². The summed E-state index contributed by atoms with van der Waals surface area (Å²) in [6.45, 7) is 0. The van der Waals surface area contributed by atoms with Gasteiger partial charge in [0.2, 0.25) is 0 Å². The average Bonchev–Trinajstić information content (AvgIpc) is 2.47. The van der Waals surface area contributed by atoms with Crippen LogP contribution in [0.15, 0.2) is 40.9 Å². The van der Waals surface area contributed by atoms with E-state index in [1.807, 2.05) is 0 Å². The maximum Gasteiger partial charge on any atom is 0.128 e. The van der Waals surface area contributed by atoms with Crippen LogP contribution in [-0.2, 0) is 0 Å². The number of hydrogen-bond donors (Lipinski definition) is 1. The lowest BCUT2D eigenvalue weighted by Gasteiger charge is -2.30. The van der Waals surface area contributed by atoms with Crippen LogP contribution in [0.3, 0.4) is 0 Å². The van der Waals surface area contributed by atoms with Crippen molar-refractivity contribution in [3.63, 3.8) is 0 Å². The zero-order chi connectivity index (χ0) is 15.0. The molecule has 110 valence electrons. The fraction of sp³-hybridized carbons (Fsp3) is 0.250.